The van der Waals surface area contributed by atoms with Crippen LogP contribution in [0.2, 0.25) is 0 Å². The van der Waals surface area contributed by atoms with Crippen molar-refractivity contribution in [1.29, 1.82) is 0 Å². The highest BCUT2D eigenvalue weighted by Crippen LogP contribution is 2.28. The maximum atomic E-state index is 14.9. The van der Waals surface area contributed by atoms with Crippen molar-refractivity contribution in [2.24, 2.45) is 16.8 Å². The van der Waals surface area contributed by atoms with E-state index >= 15 is 0 Å². The van der Waals surface area contributed by atoms with Gasteiger partial charge >= 0.3 is 0 Å². The van der Waals surface area contributed by atoms with Crippen molar-refractivity contribution < 1.29 is 13.2 Å². The SMILES string of the molecule is CC(C)C[C@H]1CN(c2cc(F)c(/C=N/NC(N)=S)cc2F)CCN1Cc1cccc(F)c1. The Hall–Kier alpha value is -2.65. The second kappa shape index (κ2) is 10.8. The fraction of sp³-hybridized carbons (Fsp3) is 0.391. The van der Waals surface area contributed by atoms with E-state index in [1.165, 1.54) is 12.1 Å². The molecule has 9 heteroatoms. The van der Waals surface area contributed by atoms with Crippen LogP contribution in [-0.4, -0.2) is 41.9 Å². The zero-order valence-corrected chi connectivity index (χ0v) is 19.0. The molecule has 0 spiro atoms. The number of hydrogen-bond acceptors (Lipinski definition) is 4. The van der Waals surface area contributed by atoms with E-state index in [9.17, 15) is 13.2 Å². The number of halogens is 3. The van der Waals surface area contributed by atoms with Crippen LogP contribution in [0, 0.1) is 23.4 Å². The highest BCUT2D eigenvalue weighted by molar-refractivity contribution is 7.80. The molecule has 0 unspecified atom stereocenters. The van der Waals surface area contributed by atoms with Crippen LogP contribution in [0.3, 0.4) is 0 Å². The zero-order chi connectivity index (χ0) is 23.3. The Kier molecular flexibility index (Phi) is 8.09. The number of nitrogens with two attached hydrogens (primary N) is 1. The Balaban J connectivity index is 1.77. The summed E-state index contributed by atoms with van der Waals surface area (Å²) in [5, 5.41) is 3.63. The van der Waals surface area contributed by atoms with Crippen LogP contribution in [0.25, 0.3) is 0 Å². The average molecular weight is 464 g/mol. The van der Waals surface area contributed by atoms with Crippen LogP contribution < -0.4 is 16.1 Å². The van der Waals surface area contributed by atoms with E-state index in [4.69, 9.17) is 5.73 Å². The Morgan fingerprint density at radius 3 is 2.69 bits per heavy atom. The maximum absolute atomic E-state index is 14.9. The van der Waals surface area contributed by atoms with Gasteiger partial charge in [-0.1, -0.05) is 26.0 Å². The van der Waals surface area contributed by atoms with Crippen LogP contribution in [0.1, 0.15) is 31.4 Å². The molecule has 1 atom stereocenters. The van der Waals surface area contributed by atoms with Crippen LogP contribution in [-0.2, 0) is 6.54 Å². The monoisotopic (exact) mass is 463 g/mol. The van der Waals surface area contributed by atoms with Crippen LogP contribution in [0.15, 0.2) is 41.5 Å². The van der Waals surface area contributed by atoms with E-state index in [0.29, 0.717) is 32.1 Å². The molecule has 32 heavy (non-hydrogen) atoms. The van der Waals surface area contributed by atoms with Gasteiger partial charge in [0, 0.05) is 43.9 Å². The summed E-state index contributed by atoms with van der Waals surface area (Å²) in [7, 11) is 0. The summed E-state index contributed by atoms with van der Waals surface area (Å²) < 4.78 is 43.1. The Morgan fingerprint density at radius 2 is 2.00 bits per heavy atom. The minimum Gasteiger partial charge on any atom is -0.375 e. The van der Waals surface area contributed by atoms with Gasteiger partial charge in [0.05, 0.1) is 11.9 Å². The Morgan fingerprint density at radius 1 is 1.22 bits per heavy atom. The summed E-state index contributed by atoms with van der Waals surface area (Å²) in [6.07, 6.45) is 2.03. The molecule has 172 valence electrons. The summed E-state index contributed by atoms with van der Waals surface area (Å²) in [6.45, 7) is 6.64. The van der Waals surface area contributed by atoms with Crippen molar-refractivity contribution in [3.8, 4) is 0 Å². The van der Waals surface area contributed by atoms with Crippen molar-refractivity contribution in [3.05, 3.63) is 65.0 Å². The molecule has 0 amide bonds. The fourth-order valence-corrected chi connectivity index (χ4v) is 4.07. The third kappa shape index (κ3) is 6.43. The lowest BCUT2D eigenvalue weighted by atomic mass is 9.98. The number of thiocarbonyl (C=S) groups is 1. The summed E-state index contributed by atoms with van der Waals surface area (Å²) in [5.74, 6) is -0.940. The molecule has 0 aromatic heterocycles. The number of nitrogens with one attached hydrogen (secondary N) is 1. The summed E-state index contributed by atoms with van der Waals surface area (Å²) >= 11 is 4.63. The normalized spacial score (nSPS) is 17.3. The molecule has 2 aromatic rings. The molecule has 1 fully saturated rings. The zero-order valence-electron chi connectivity index (χ0n) is 18.2. The number of nitrogens with zero attached hydrogens (tertiary/aromatic N) is 3. The van der Waals surface area contributed by atoms with Crippen molar-refractivity contribution in [2.45, 2.75) is 32.9 Å². The quantitative estimate of drug-likeness (QED) is 0.369. The van der Waals surface area contributed by atoms with Crippen molar-refractivity contribution in [3.63, 3.8) is 0 Å². The van der Waals surface area contributed by atoms with Crippen LogP contribution >= 0.6 is 12.2 Å². The largest absolute Gasteiger partial charge is 0.375 e. The van der Waals surface area contributed by atoms with Gasteiger partial charge in [0.1, 0.15) is 17.5 Å². The summed E-state index contributed by atoms with van der Waals surface area (Å²) in [4.78, 5) is 4.17. The third-order valence-electron chi connectivity index (χ3n) is 5.41. The van der Waals surface area contributed by atoms with E-state index in [2.05, 4.69) is 41.5 Å². The van der Waals surface area contributed by atoms with Crippen molar-refractivity contribution in [2.75, 3.05) is 24.5 Å². The number of hydrogen-bond donors (Lipinski definition) is 2. The molecule has 2 aromatic carbocycles. The van der Waals surface area contributed by atoms with Gasteiger partial charge in [-0.25, -0.2) is 13.2 Å². The highest BCUT2D eigenvalue weighted by atomic mass is 32.1. The molecule has 1 aliphatic rings. The smallest absolute Gasteiger partial charge is 0.184 e. The molecule has 3 N–H and O–H groups in total. The molecule has 0 bridgehead atoms. The molecule has 0 aliphatic carbocycles. The van der Waals surface area contributed by atoms with E-state index in [0.717, 1.165) is 24.3 Å². The topological polar surface area (TPSA) is 56.9 Å². The van der Waals surface area contributed by atoms with Gasteiger partial charge in [0.25, 0.3) is 0 Å². The first-order valence-electron chi connectivity index (χ1n) is 10.5. The molecular weight excluding hydrogens is 435 g/mol. The number of anilines is 1. The lowest BCUT2D eigenvalue weighted by molar-refractivity contribution is 0.147. The van der Waals surface area contributed by atoms with E-state index in [1.807, 2.05) is 11.0 Å². The number of piperazine rings is 1. The molecule has 5 nitrogen and oxygen atoms in total. The minimum atomic E-state index is -0.586. The summed E-state index contributed by atoms with van der Waals surface area (Å²) in [6, 6.07) is 9.03. The molecule has 3 rings (SSSR count). The first-order chi connectivity index (χ1) is 15.2. The first-order valence-corrected chi connectivity index (χ1v) is 10.9. The average Bonchev–Trinajstić information content (AvgIpc) is 2.71. The predicted molar refractivity (Wildman–Crippen MR) is 126 cm³/mol. The molecule has 1 heterocycles. The Labute approximate surface area is 192 Å². The van der Waals surface area contributed by atoms with Gasteiger partial charge in [-0.3, -0.25) is 10.3 Å². The number of hydrazone groups is 1. The first kappa shape index (κ1) is 24.0. The second-order valence-corrected chi connectivity index (χ2v) is 8.83. The third-order valence-corrected chi connectivity index (χ3v) is 5.50. The van der Waals surface area contributed by atoms with Crippen LogP contribution in [0.4, 0.5) is 18.9 Å². The van der Waals surface area contributed by atoms with Gasteiger partial charge in [-0.05, 0) is 48.3 Å². The van der Waals surface area contributed by atoms with Gasteiger partial charge in [0.15, 0.2) is 5.11 Å². The van der Waals surface area contributed by atoms with Gasteiger partial charge in [0.2, 0.25) is 0 Å². The minimum absolute atomic E-state index is 0.00142. The Bertz CT molecular complexity index is 982. The second-order valence-electron chi connectivity index (χ2n) is 8.39. The molecule has 0 radical (unpaired) electrons. The highest BCUT2D eigenvalue weighted by Gasteiger charge is 2.29. The van der Waals surface area contributed by atoms with Crippen molar-refractivity contribution in [1.82, 2.24) is 10.3 Å². The molecule has 0 saturated carbocycles. The molecular formula is C23H28F3N5S. The molecule has 1 aliphatic heterocycles. The lowest BCUT2D eigenvalue weighted by Gasteiger charge is -2.43. The van der Waals surface area contributed by atoms with E-state index in [-0.39, 0.29) is 28.2 Å². The molecule has 1 saturated heterocycles. The lowest BCUT2D eigenvalue weighted by Crippen LogP contribution is -2.53. The van der Waals surface area contributed by atoms with E-state index in [1.54, 1.807) is 12.1 Å². The number of rotatable bonds is 7. The van der Waals surface area contributed by atoms with Crippen molar-refractivity contribution >= 4 is 29.2 Å². The van der Waals surface area contributed by atoms with E-state index < -0.39 is 11.6 Å². The van der Waals surface area contributed by atoms with Gasteiger partial charge in [-0.2, -0.15) is 5.10 Å². The predicted octanol–water partition coefficient (Wildman–Crippen LogP) is 4.01. The summed E-state index contributed by atoms with van der Waals surface area (Å²) in [5.41, 5.74) is 8.71. The maximum Gasteiger partial charge on any atom is 0.184 e. The number of benzene rings is 2. The standard InChI is InChI=1S/C23H28F3N5S/c1-15(2)8-19-14-31(7-6-30(19)13-16-4-3-5-18(24)9-16)22-11-20(25)17(10-21(22)26)12-28-29-23(27)32/h3-5,9-12,15,19H,6-8,13-14H2,1-2H3,(H3,27,29,32)/b28-12+/t19-/m0/s1. The van der Waals surface area contributed by atoms with Gasteiger partial charge < -0.3 is 10.6 Å². The van der Waals surface area contributed by atoms with Crippen LogP contribution in [0.5, 0.6) is 0 Å². The van der Waals surface area contributed by atoms with Gasteiger partial charge in [-0.15, -0.1) is 0 Å². The fourth-order valence-electron chi connectivity index (χ4n) is 4.02.